The number of ether oxygens (including phenoxy) is 1. The molecule has 0 unspecified atom stereocenters. The lowest BCUT2D eigenvalue weighted by Crippen LogP contribution is -2.19. The number of thioether (sulfide) groups is 1. The Balaban J connectivity index is 1.99. The molecule has 0 radical (unpaired) electrons. The minimum atomic E-state index is -0.0515. The Morgan fingerprint density at radius 3 is 3.05 bits per heavy atom. The van der Waals surface area contributed by atoms with Crippen molar-refractivity contribution in [2.45, 2.75) is 13.3 Å². The molecular weight excluding hydrogens is 298 g/mol. The van der Waals surface area contributed by atoms with E-state index in [1.807, 2.05) is 13.0 Å². The van der Waals surface area contributed by atoms with Crippen LogP contribution in [-0.4, -0.2) is 29.6 Å². The molecule has 0 atom stereocenters. The number of nitrogens with one attached hydrogen (secondary N) is 1. The lowest BCUT2D eigenvalue weighted by molar-refractivity contribution is -0.116. The zero-order valence-electron chi connectivity index (χ0n) is 10.9. The number of amides is 1. The number of carbonyl (C=O) groups is 1. The first-order chi connectivity index (χ1) is 9.69. The minimum Gasteiger partial charge on any atom is -0.492 e. The monoisotopic (exact) mass is 311 g/mol. The zero-order valence-corrected chi connectivity index (χ0v) is 12.5. The van der Waals surface area contributed by atoms with Crippen molar-refractivity contribution in [2.75, 3.05) is 12.4 Å². The lowest BCUT2D eigenvalue weighted by Gasteiger charge is -2.06. The van der Waals surface area contributed by atoms with Crippen LogP contribution in [0.15, 0.2) is 28.4 Å². The van der Waals surface area contributed by atoms with Gasteiger partial charge in [-0.2, -0.15) is 5.10 Å². The third-order valence-corrected chi connectivity index (χ3v) is 3.52. The predicted molar refractivity (Wildman–Crippen MR) is 82.9 cm³/mol. The number of rotatable bonds is 5. The highest BCUT2D eigenvalue weighted by Crippen LogP contribution is 2.25. The van der Waals surface area contributed by atoms with Gasteiger partial charge in [-0.15, -0.1) is 5.10 Å². The normalized spacial score (nSPS) is 16.9. The van der Waals surface area contributed by atoms with Gasteiger partial charge in [0.15, 0.2) is 5.17 Å². The number of hydrogen-bond donors (Lipinski definition) is 1. The van der Waals surface area contributed by atoms with Crippen molar-refractivity contribution >= 4 is 40.7 Å². The van der Waals surface area contributed by atoms with E-state index in [1.165, 1.54) is 11.8 Å². The van der Waals surface area contributed by atoms with Gasteiger partial charge in [0.05, 0.1) is 23.6 Å². The zero-order chi connectivity index (χ0) is 14.4. The predicted octanol–water partition coefficient (Wildman–Crippen LogP) is 2.68. The summed E-state index contributed by atoms with van der Waals surface area (Å²) in [5.74, 6) is 1.00. The van der Waals surface area contributed by atoms with Crippen LogP contribution in [-0.2, 0) is 4.79 Å². The van der Waals surface area contributed by atoms with Crippen molar-refractivity contribution in [1.29, 1.82) is 0 Å². The van der Waals surface area contributed by atoms with Gasteiger partial charge < -0.3 is 10.1 Å². The van der Waals surface area contributed by atoms with Gasteiger partial charge in [0.2, 0.25) is 5.91 Å². The molecule has 1 aliphatic heterocycles. The molecule has 20 heavy (non-hydrogen) atoms. The van der Waals surface area contributed by atoms with Crippen LogP contribution in [0.1, 0.15) is 18.9 Å². The number of carbonyl (C=O) groups excluding carboxylic acids is 1. The SMILES string of the molecule is CCCOc1ccc(C=NN=C2NC(=O)CS2)cc1Cl. The Labute approximate surface area is 126 Å². The molecule has 106 valence electrons. The van der Waals surface area contributed by atoms with Gasteiger partial charge in [-0.1, -0.05) is 30.3 Å². The van der Waals surface area contributed by atoms with Gasteiger partial charge in [-0.25, -0.2) is 0 Å². The summed E-state index contributed by atoms with van der Waals surface area (Å²) in [5, 5.41) is 11.5. The molecule has 0 bridgehead atoms. The summed E-state index contributed by atoms with van der Waals surface area (Å²) in [6.07, 6.45) is 2.51. The van der Waals surface area contributed by atoms with E-state index in [0.717, 1.165) is 12.0 Å². The van der Waals surface area contributed by atoms with Gasteiger partial charge in [-0.3, -0.25) is 4.79 Å². The summed E-state index contributed by atoms with van der Waals surface area (Å²) < 4.78 is 5.48. The van der Waals surface area contributed by atoms with Crippen LogP contribution < -0.4 is 10.1 Å². The van der Waals surface area contributed by atoms with E-state index in [2.05, 4.69) is 15.5 Å². The number of halogens is 1. The second-order valence-electron chi connectivity index (χ2n) is 4.02. The first kappa shape index (κ1) is 14.9. The average molecular weight is 312 g/mol. The molecule has 0 spiro atoms. The van der Waals surface area contributed by atoms with E-state index in [0.29, 0.717) is 28.3 Å². The summed E-state index contributed by atoms with van der Waals surface area (Å²) in [7, 11) is 0. The van der Waals surface area contributed by atoms with Gasteiger partial charge in [0.25, 0.3) is 0 Å². The fraction of sp³-hybridized carbons (Fsp3) is 0.308. The van der Waals surface area contributed by atoms with Gasteiger partial charge >= 0.3 is 0 Å². The Morgan fingerprint density at radius 2 is 2.40 bits per heavy atom. The number of benzene rings is 1. The van der Waals surface area contributed by atoms with E-state index in [4.69, 9.17) is 16.3 Å². The maximum absolute atomic E-state index is 11.0. The van der Waals surface area contributed by atoms with E-state index in [1.54, 1.807) is 18.3 Å². The average Bonchev–Trinajstić information content (AvgIpc) is 2.84. The largest absolute Gasteiger partial charge is 0.492 e. The minimum absolute atomic E-state index is 0.0515. The van der Waals surface area contributed by atoms with Gasteiger partial charge in [-0.05, 0) is 30.2 Å². The molecule has 2 rings (SSSR count). The third-order valence-electron chi connectivity index (χ3n) is 2.36. The fourth-order valence-corrected chi connectivity index (χ4v) is 2.33. The molecule has 1 heterocycles. The molecule has 1 aromatic carbocycles. The molecule has 1 fully saturated rings. The Bertz CT molecular complexity index is 561. The molecule has 0 saturated carbocycles. The van der Waals surface area contributed by atoms with Gasteiger partial charge in [0.1, 0.15) is 5.75 Å². The van der Waals surface area contributed by atoms with Crippen molar-refractivity contribution in [3.63, 3.8) is 0 Å². The Kier molecular flexibility index (Phi) is 5.43. The van der Waals surface area contributed by atoms with Crippen LogP contribution in [0.2, 0.25) is 5.02 Å². The molecule has 0 aromatic heterocycles. The number of hydrogen-bond acceptors (Lipinski definition) is 5. The summed E-state index contributed by atoms with van der Waals surface area (Å²) in [5.41, 5.74) is 0.817. The molecule has 1 amide bonds. The van der Waals surface area contributed by atoms with Crippen LogP contribution in [0.3, 0.4) is 0 Å². The first-order valence-electron chi connectivity index (χ1n) is 6.15. The number of nitrogens with zero attached hydrogens (tertiary/aromatic N) is 2. The van der Waals surface area contributed by atoms with Crippen molar-refractivity contribution in [3.05, 3.63) is 28.8 Å². The van der Waals surface area contributed by atoms with E-state index in [-0.39, 0.29) is 5.91 Å². The summed E-state index contributed by atoms with van der Waals surface area (Å²) >= 11 is 7.44. The smallest absolute Gasteiger partial charge is 0.236 e. The maximum atomic E-state index is 11.0. The van der Waals surface area contributed by atoms with Crippen molar-refractivity contribution in [1.82, 2.24) is 5.32 Å². The van der Waals surface area contributed by atoms with E-state index < -0.39 is 0 Å². The molecular formula is C13H14ClN3O2S. The summed E-state index contributed by atoms with van der Waals surface area (Å²) in [6, 6.07) is 5.41. The van der Waals surface area contributed by atoms with Crippen molar-refractivity contribution in [2.24, 2.45) is 10.2 Å². The Morgan fingerprint density at radius 1 is 1.55 bits per heavy atom. The van der Waals surface area contributed by atoms with Crippen LogP contribution in [0.25, 0.3) is 0 Å². The standard InChI is InChI=1S/C13H14ClN3O2S/c1-2-5-19-11-4-3-9(6-10(11)14)7-15-17-13-16-12(18)8-20-13/h3-4,6-7H,2,5,8H2,1H3,(H,16,17,18). The van der Waals surface area contributed by atoms with Gasteiger partial charge in [0, 0.05) is 0 Å². The highest BCUT2D eigenvalue weighted by atomic mass is 35.5. The summed E-state index contributed by atoms with van der Waals surface area (Å²) in [6.45, 7) is 2.67. The molecule has 1 aliphatic rings. The van der Waals surface area contributed by atoms with Crippen molar-refractivity contribution < 1.29 is 9.53 Å². The molecule has 5 nitrogen and oxygen atoms in total. The summed E-state index contributed by atoms with van der Waals surface area (Å²) in [4.78, 5) is 11.0. The van der Waals surface area contributed by atoms with E-state index in [9.17, 15) is 4.79 Å². The highest BCUT2D eigenvalue weighted by Gasteiger charge is 2.15. The molecule has 1 N–H and O–H groups in total. The second kappa shape index (κ2) is 7.31. The van der Waals surface area contributed by atoms with E-state index >= 15 is 0 Å². The lowest BCUT2D eigenvalue weighted by atomic mass is 10.2. The Hall–Kier alpha value is -1.53. The topological polar surface area (TPSA) is 63.1 Å². The third kappa shape index (κ3) is 4.25. The fourth-order valence-electron chi connectivity index (χ4n) is 1.45. The first-order valence-corrected chi connectivity index (χ1v) is 7.51. The molecule has 1 saturated heterocycles. The second-order valence-corrected chi connectivity index (χ2v) is 5.40. The number of amidine groups is 1. The molecule has 1 aromatic rings. The van der Waals surface area contributed by atoms with Crippen LogP contribution in [0.4, 0.5) is 0 Å². The van der Waals surface area contributed by atoms with Crippen LogP contribution >= 0.6 is 23.4 Å². The highest BCUT2D eigenvalue weighted by molar-refractivity contribution is 8.15. The maximum Gasteiger partial charge on any atom is 0.236 e. The quantitative estimate of drug-likeness (QED) is 0.671. The van der Waals surface area contributed by atoms with Crippen LogP contribution in [0.5, 0.6) is 5.75 Å². The molecule has 0 aliphatic carbocycles. The van der Waals surface area contributed by atoms with Crippen molar-refractivity contribution in [3.8, 4) is 5.75 Å². The van der Waals surface area contributed by atoms with Crippen LogP contribution in [0, 0.1) is 0 Å². The molecule has 7 heteroatoms.